The van der Waals surface area contributed by atoms with Gasteiger partial charge in [-0.2, -0.15) is 10.2 Å². The van der Waals surface area contributed by atoms with Crippen LogP contribution in [-0.2, 0) is 11.3 Å². The maximum atomic E-state index is 14.6. The molecule has 0 saturated carbocycles. The van der Waals surface area contributed by atoms with Crippen LogP contribution in [0.2, 0.25) is 0 Å². The quantitative estimate of drug-likeness (QED) is 0.515. The van der Waals surface area contributed by atoms with Crippen molar-refractivity contribution in [2.24, 2.45) is 0 Å². The van der Waals surface area contributed by atoms with E-state index >= 15 is 0 Å². The van der Waals surface area contributed by atoms with Gasteiger partial charge >= 0.3 is 0 Å². The first-order valence-corrected chi connectivity index (χ1v) is 10.6. The fourth-order valence-corrected chi connectivity index (χ4v) is 3.49. The number of alkyl halides is 1. The summed E-state index contributed by atoms with van der Waals surface area (Å²) in [5, 5.41) is 29.5. The summed E-state index contributed by atoms with van der Waals surface area (Å²) in [5.74, 6) is 0.765. The lowest BCUT2D eigenvalue weighted by Crippen LogP contribution is -2.50. The average molecular weight is 467 g/mol. The standard InChI is InChI=1S/C21H22FN9O3/c1-2-31-10-18(28-29-31)26-21-25-12-24-20(27-21)13-3-4-16(14(7-13)8-23)34-17-5-6-30(9-15(17)22)19(33)11-32/h3-4,7,10,12,15,17,32H,2,5-6,9,11H2,1H3,(H,24,25,26,27)/t15-,17-/m0/s1. The van der Waals surface area contributed by atoms with Gasteiger partial charge in [0.1, 0.15) is 30.9 Å². The first-order chi connectivity index (χ1) is 16.5. The van der Waals surface area contributed by atoms with E-state index in [0.29, 0.717) is 23.8 Å². The van der Waals surface area contributed by atoms with Gasteiger partial charge in [0, 0.05) is 25.1 Å². The summed E-state index contributed by atoms with van der Waals surface area (Å²) in [5.41, 5.74) is 0.742. The molecule has 1 saturated heterocycles. The lowest BCUT2D eigenvalue weighted by atomic mass is 10.0. The number of piperidine rings is 1. The Morgan fingerprint density at radius 2 is 2.26 bits per heavy atom. The number of nitrogens with one attached hydrogen (secondary N) is 1. The van der Waals surface area contributed by atoms with Crippen LogP contribution in [0.3, 0.4) is 0 Å². The van der Waals surface area contributed by atoms with Gasteiger partial charge in [-0.15, -0.1) is 5.10 Å². The van der Waals surface area contributed by atoms with Crippen molar-refractivity contribution in [3.8, 4) is 23.2 Å². The molecule has 13 heteroatoms. The number of likely N-dealkylation sites (tertiary alicyclic amines) is 1. The summed E-state index contributed by atoms with van der Waals surface area (Å²) in [4.78, 5) is 25.5. The van der Waals surface area contributed by atoms with Crippen molar-refractivity contribution in [2.75, 3.05) is 25.0 Å². The van der Waals surface area contributed by atoms with Gasteiger partial charge in [-0.25, -0.2) is 14.4 Å². The third kappa shape index (κ3) is 5.07. The van der Waals surface area contributed by atoms with Gasteiger partial charge in [0.15, 0.2) is 17.8 Å². The second-order valence-corrected chi connectivity index (χ2v) is 7.50. The van der Waals surface area contributed by atoms with Crippen molar-refractivity contribution in [1.82, 2.24) is 34.8 Å². The Hall–Kier alpha value is -4.18. The number of aromatic nitrogens is 6. The number of rotatable bonds is 7. The number of carbonyl (C=O) groups excluding carboxylic acids is 1. The molecule has 0 bridgehead atoms. The van der Waals surface area contributed by atoms with Crippen molar-refractivity contribution < 1.29 is 19.0 Å². The number of aliphatic hydroxyl groups excluding tert-OH is 1. The monoisotopic (exact) mass is 467 g/mol. The van der Waals surface area contributed by atoms with Crippen molar-refractivity contribution in [1.29, 1.82) is 5.26 Å². The van der Waals surface area contributed by atoms with Crippen LogP contribution < -0.4 is 10.1 Å². The number of benzene rings is 1. The summed E-state index contributed by atoms with van der Waals surface area (Å²) >= 11 is 0. The Morgan fingerprint density at radius 1 is 1.41 bits per heavy atom. The lowest BCUT2D eigenvalue weighted by Gasteiger charge is -2.34. The first-order valence-electron chi connectivity index (χ1n) is 10.6. The summed E-state index contributed by atoms with van der Waals surface area (Å²) < 4.78 is 22.0. The van der Waals surface area contributed by atoms with Gasteiger partial charge < -0.3 is 20.1 Å². The smallest absolute Gasteiger partial charge is 0.248 e. The molecule has 4 rings (SSSR count). The molecule has 3 heterocycles. The molecule has 0 unspecified atom stereocenters. The van der Waals surface area contributed by atoms with Crippen LogP contribution >= 0.6 is 0 Å². The highest BCUT2D eigenvalue weighted by Gasteiger charge is 2.33. The Bertz CT molecular complexity index is 1210. The van der Waals surface area contributed by atoms with Crippen LogP contribution in [0.4, 0.5) is 16.2 Å². The Kier molecular flexibility index (Phi) is 6.88. The number of hydrogen-bond donors (Lipinski definition) is 2. The van der Waals surface area contributed by atoms with Crippen LogP contribution in [0.1, 0.15) is 18.9 Å². The van der Waals surface area contributed by atoms with Crippen molar-refractivity contribution >= 4 is 17.7 Å². The molecule has 2 N–H and O–H groups in total. The van der Waals surface area contributed by atoms with Crippen LogP contribution in [0.5, 0.6) is 5.75 Å². The van der Waals surface area contributed by atoms with Crippen LogP contribution in [-0.4, -0.2) is 77.8 Å². The van der Waals surface area contributed by atoms with Gasteiger partial charge in [0.05, 0.1) is 18.3 Å². The third-order valence-corrected chi connectivity index (χ3v) is 5.28. The number of anilines is 2. The fourth-order valence-electron chi connectivity index (χ4n) is 3.49. The molecular formula is C21H22FN9O3. The maximum Gasteiger partial charge on any atom is 0.248 e. The normalized spacial score (nSPS) is 17.8. The van der Waals surface area contributed by atoms with Gasteiger partial charge in [0.25, 0.3) is 0 Å². The van der Waals surface area contributed by atoms with Crippen LogP contribution in [0.15, 0.2) is 30.7 Å². The molecular weight excluding hydrogens is 445 g/mol. The Balaban J connectivity index is 1.48. The van der Waals surface area contributed by atoms with E-state index in [-0.39, 0.29) is 36.8 Å². The van der Waals surface area contributed by atoms with Gasteiger partial charge in [-0.1, -0.05) is 5.21 Å². The molecule has 1 amide bonds. The minimum absolute atomic E-state index is 0.170. The third-order valence-electron chi connectivity index (χ3n) is 5.28. The largest absolute Gasteiger partial charge is 0.486 e. The summed E-state index contributed by atoms with van der Waals surface area (Å²) in [7, 11) is 0. The highest BCUT2D eigenvalue weighted by atomic mass is 19.1. The fraction of sp³-hybridized carbons (Fsp3) is 0.381. The number of amides is 1. The Labute approximate surface area is 194 Å². The number of halogens is 1. The van der Waals surface area contributed by atoms with E-state index in [1.165, 1.54) is 11.2 Å². The molecule has 2 aromatic heterocycles. The molecule has 0 spiro atoms. The molecule has 1 aliphatic rings. The number of nitrogens with zero attached hydrogens (tertiary/aromatic N) is 8. The summed E-state index contributed by atoms with van der Waals surface area (Å²) in [6.45, 7) is 2.04. The van der Waals surface area contributed by atoms with Crippen molar-refractivity contribution in [3.05, 3.63) is 36.3 Å². The molecule has 1 fully saturated rings. The van der Waals surface area contributed by atoms with Crippen molar-refractivity contribution in [2.45, 2.75) is 32.2 Å². The number of hydrogen-bond acceptors (Lipinski definition) is 10. The van der Waals surface area contributed by atoms with Gasteiger partial charge in [-0.05, 0) is 25.1 Å². The molecule has 176 valence electrons. The number of nitriles is 1. The van der Waals surface area contributed by atoms with E-state index in [2.05, 4.69) is 36.7 Å². The molecule has 12 nitrogen and oxygen atoms in total. The molecule has 2 atom stereocenters. The van der Waals surface area contributed by atoms with Crippen LogP contribution in [0.25, 0.3) is 11.4 Å². The number of ether oxygens (including phenoxy) is 1. The van der Waals surface area contributed by atoms with E-state index < -0.39 is 24.8 Å². The number of carbonyl (C=O) groups is 1. The minimum Gasteiger partial charge on any atom is -0.486 e. The zero-order chi connectivity index (χ0) is 24.1. The number of aryl methyl sites for hydroxylation is 1. The minimum atomic E-state index is -1.45. The maximum absolute atomic E-state index is 14.6. The van der Waals surface area contributed by atoms with E-state index in [9.17, 15) is 14.4 Å². The molecule has 3 aromatic rings. The van der Waals surface area contributed by atoms with E-state index in [1.807, 2.05) is 6.92 Å². The first kappa shape index (κ1) is 23.0. The van der Waals surface area contributed by atoms with E-state index in [4.69, 9.17) is 9.84 Å². The molecule has 1 aromatic carbocycles. The molecule has 34 heavy (non-hydrogen) atoms. The predicted molar refractivity (Wildman–Crippen MR) is 117 cm³/mol. The Morgan fingerprint density at radius 3 is 2.97 bits per heavy atom. The average Bonchev–Trinajstić information content (AvgIpc) is 3.32. The zero-order valence-electron chi connectivity index (χ0n) is 18.3. The highest BCUT2D eigenvalue weighted by Crippen LogP contribution is 2.28. The van der Waals surface area contributed by atoms with Crippen molar-refractivity contribution in [3.63, 3.8) is 0 Å². The second-order valence-electron chi connectivity index (χ2n) is 7.50. The second kappa shape index (κ2) is 10.2. The molecule has 0 radical (unpaired) electrons. The van der Waals surface area contributed by atoms with E-state index in [0.717, 1.165) is 0 Å². The van der Waals surface area contributed by atoms with Crippen LogP contribution in [0, 0.1) is 11.3 Å². The van der Waals surface area contributed by atoms with Gasteiger partial charge in [-0.3, -0.25) is 9.48 Å². The van der Waals surface area contributed by atoms with E-state index in [1.54, 1.807) is 29.1 Å². The zero-order valence-corrected chi connectivity index (χ0v) is 18.3. The predicted octanol–water partition coefficient (Wildman–Crippen LogP) is 1.08. The highest BCUT2D eigenvalue weighted by molar-refractivity contribution is 5.77. The topological polar surface area (TPSA) is 155 Å². The van der Waals surface area contributed by atoms with Gasteiger partial charge in [0.2, 0.25) is 11.9 Å². The molecule has 0 aliphatic carbocycles. The summed E-state index contributed by atoms with van der Waals surface area (Å²) in [6.07, 6.45) is 1.03. The molecule has 1 aliphatic heterocycles. The lowest BCUT2D eigenvalue weighted by molar-refractivity contribution is -0.138. The summed E-state index contributed by atoms with van der Waals surface area (Å²) in [6, 6.07) is 6.84. The SMILES string of the molecule is CCn1cc(Nc2ncnc(-c3ccc(O[C@H]4CCN(C(=O)CO)C[C@@H]4F)c(C#N)c3)n2)nn1. The number of aliphatic hydroxyl groups is 1.